The molecule has 3 aromatic heterocycles. The molecule has 0 radical (unpaired) electrons. The summed E-state index contributed by atoms with van der Waals surface area (Å²) >= 11 is 11.8. The van der Waals surface area contributed by atoms with E-state index in [0.29, 0.717) is 16.6 Å². The zero-order valence-electron chi connectivity index (χ0n) is 16.3. The molecule has 4 rings (SSSR count). The zero-order chi connectivity index (χ0) is 22.3. The molecule has 0 saturated heterocycles. The van der Waals surface area contributed by atoms with Crippen molar-refractivity contribution >= 4 is 55.7 Å². The van der Waals surface area contributed by atoms with Crippen LogP contribution in [0.4, 0.5) is 5.69 Å². The normalized spacial score (nSPS) is 12.0. The van der Waals surface area contributed by atoms with Crippen molar-refractivity contribution in [3.8, 4) is 0 Å². The second-order valence-corrected chi connectivity index (χ2v) is 8.73. The fourth-order valence-corrected chi connectivity index (χ4v) is 4.15. The van der Waals surface area contributed by atoms with Crippen molar-refractivity contribution in [2.45, 2.75) is 11.8 Å². The molecule has 0 aliphatic carbocycles. The summed E-state index contributed by atoms with van der Waals surface area (Å²) in [5, 5.41) is 0.332. The molecule has 11 heteroatoms. The summed E-state index contributed by atoms with van der Waals surface area (Å²) in [6, 6.07) is 5.09. The summed E-state index contributed by atoms with van der Waals surface area (Å²) < 4.78 is 36.3. The number of aromatic amines is 1. The van der Waals surface area contributed by atoms with E-state index in [1.807, 2.05) is 0 Å². The number of nitrogens with zero attached hydrogens (tertiary/aromatic N) is 3. The van der Waals surface area contributed by atoms with Crippen LogP contribution in [0.15, 0.2) is 53.9 Å². The Balaban J connectivity index is 1.80. The lowest BCUT2D eigenvalue weighted by atomic mass is 10.1. The Hall–Kier alpha value is -3.01. The van der Waals surface area contributed by atoms with Gasteiger partial charge in [-0.25, -0.2) is 18.4 Å². The van der Waals surface area contributed by atoms with E-state index in [0.717, 1.165) is 6.07 Å². The average molecular weight is 463 g/mol. The Bertz CT molecular complexity index is 1460. The highest BCUT2D eigenvalue weighted by molar-refractivity contribution is 7.92. The van der Waals surface area contributed by atoms with Crippen LogP contribution in [0.3, 0.4) is 0 Å². The van der Waals surface area contributed by atoms with Gasteiger partial charge < -0.3 is 4.98 Å². The number of carbonyl (C=O) groups excluding carboxylic acids is 1. The third-order valence-electron chi connectivity index (χ3n) is 4.17. The van der Waals surface area contributed by atoms with E-state index in [2.05, 4.69) is 24.7 Å². The van der Waals surface area contributed by atoms with Gasteiger partial charge in [-0.05, 0) is 42.8 Å². The number of hydrogen-bond donors (Lipinski definition) is 2. The van der Waals surface area contributed by atoms with E-state index >= 15 is 0 Å². The molecule has 152 valence electrons. The van der Waals surface area contributed by atoms with Crippen molar-refractivity contribution in [3.05, 3.63) is 76.0 Å². The van der Waals surface area contributed by atoms with Crippen LogP contribution in [-0.4, -0.2) is 34.1 Å². The van der Waals surface area contributed by atoms with E-state index in [1.165, 1.54) is 24.7 Å². The predicted octanol–water partition coefficient (Wildman–Crippen LogP) is 4.00. The Labute approximate surface area is 182 Å². The highest BCUT2D eigenvalue weighted by Gasteiger charge is 2.24. The number of ketones is 1. The number of rotatable bonds is 5. The molecule has 8 nitrogen and oxygen atoms in total. The van der Waals surface area contributed by atoms with E-state index in [9.17, 15) is 13.2 Å². The Morgan fingerprint density at radius 2 is 1.93 bits per heavy atom. The number of aromatic nitrogens is 4. The average Bonchev–Trinajstić information content (AvgIpc) is 3.20. The third-order valence-corrected chi connectivity index (χ3v) is 6.18. The van der Waals surface area contributed by atoms with Crippen molar-refractivity contribution in [1.82, 2.24) is 19.9 Å². The molecule has 0 aliphatic heterocycles. The van der Waals surface area contributed by atoms with E-state index in [4.69, 9.17) is 24.6 Å². The maximum atomic E-state index is 13.2. The van der Waals surface area contributed by atoms with Crippen LogP contribution in [0.5, 0.6) is 0 Å². The number of anilines is 1. The minimum Gasteiger partial charge on any atom is -0.346 e. The summed E-state index contributed by atoms with van der Waals surface area (Å²) in [4.78, 5) is 27.9. The molecule has 0 bridgehead atoms. The Morgan fingerprint density at radius 1 is 1.13 bits per heavy atom. The number of fused-ring (bicyclic) bond motifs is 1. The SMILES string of the molecule is [2H]c1c(S(=O)(=O)Nc2cc(C)cnc2C(=O)c2ncnc3[nH]ccc23)ccc(Cl)c1Cl. The largest absolute Gasteiger partial charge is 0.346 e. The van der Waals surface area contributed by atoms with Gasteiger partial charge in [0.05, 0.1) is 22.0 Å². The molecule has 0 fully saturated rings. The molecule has 0 unspecified atom stereocenters. The molecule has 2 N–H and O–H groups in total. The van der Waals surface area contributed by atoms with Crippen LogP contribution in [0, 0.1) is 6.92 Å². The van der Waals surface area contributed by atoms with Gasteiger partial charge >= 0.3 is 0 Å². The molecule has 0 atom stereocenters. The highest BCUT2D eigenvalue weighted by atomic mass is 35.5. The van der Waals surface area contributed by atoms with Gasteiger partial charge in [-0.15, -0.1) is 0 Å². The first-order valence-electron chi connectivity index (χ1n) is 8.96. The second-order valence-electron chi connectivity index (χ2n) is 6.29. The minimum atomic E-state index is -4.28. The summed E-state index contributed by atoms with van der Waals surface area (Å²) in [6.45, 7) is 1.70. The van der Waals surface area contributed by atoms with Crippen molar-refractivity contribution in [3.63, 3.8) is 0 Å². The van der Waals surface area contributed by atoms with Crippen LogP contribution in [0.1, 0.15) is 23.1 Å². The number of H-pyrrole nitrogens is 1. The number of nitrogens with one attached hydrogen (secondary N) is 2. The van der Waals surface area contributed by atoms with Crippen molar-refractivity contribution in [2.75, 3.05) is 4.72 Å². The van der Waals surface area contributed by atoms with Gasteiger partial charge in [0.2, 0.25) is 5.78 Å². The number of hydrogen-bond acceptors (Lipinski definition) is 6. The van der Waals surface area contributed by atoms with Crippen LogP contribution in [0.25, 0.3) is 11.0 Å². The molecule has 3 heterocycles. The molecule has 30 heavy (non-hydrogen) atoms. The quantitative estimate of drug-likeness (QED) is 0.432. The summed E-state index contributed by atoms with van der Waals surface area (Å²) in [5.41, 5.74) is 0.935. The van der Waals surface area contributed by atoms with Crippen LogP contribution in [0.2, 0.25) is 10.0 Å². The van der Waals surface area contributed by atoms with Crippen molar-refractivity contribution in [1.29, 1.82) is 0 Å². The van der Waals surface area contributed by atoms with Gasteiger partial charge in [-0.3, -0.25) is 14.5 Å². The van der Waals surface area contributed by atoms with Gasteiger partial charge in [-0.1, -0.05) is 23.2 Å². The Kier molecular flexibility index (Phi) is 4.86. The standard InChI is InChI=1S/C19H13Cl2N5O3S/c1-10-6-15(26-30(28,29)11-2-3-13(20)14(21)7-11)17(23-8-10)18(27)16-12-4-5-22-19(12)25-9-24-16/h2-9,26H,1H3,(H,22,24,25)/i7D. The van der Waals surface area contributed by atoms with Crippen molar-refractivity contribution in [2.24, 2.45) is 0 Å². The van der Waals surface area contributed by atoms with Crippen LogP contribution < -0.4 is 4.72 Å². The smallest absolute Gasteiger partial charge is 0.262 e. The number of halogens is 2. The molecular weight excluding hydrogens is 449 g/mol. The number of aryl methyl sites for hydroxylation is 1. The summed E-state index contributed by atoms with van der Waals surface area (Å²) in [7, 11) is -4.28. The van der Waals surface area contributed by atoms with Gasteiger partial charge in [0, 0.05) is 17.8 Å². The van der Waals surface area contributed by atoms with E-state index in [-0.39, 0.29) is 27.1 Å². The van der Waals surface area contributed by atoms with Gasteiger partial charge in [-0.2, -0.15) is 0 Å². The van der Waals surface area contributed by atoms with Crippen LogP contribution >= 0.6 is 23.2 Å². The molecule has 0 amide bonds. The fourth-order valence-electron chi connectivity index (χ4n) is 2.78. The van der Waals surface area contributed by atoms with Gasteiger partial charge in [0.15, 0.2) is 0 Å². The van der Waals surface area contributed by atoms with E-state index < -0.39 is 26.7 Å². The lowest BCUT2D eigenvalue weighted by Gasteiger charge is -2.13. The highest BCUT2D eigenvalue weighted by Crippen LogP contribution is 2.28. The lowest BCUT2D eigenvalue weighted by Crippen LogP contribution is -2.18. The van der Waals surface area contributed by atoms with Gasteiger partial charge in [0.1, 0.15) is 23.4 Å². The Morgan fingerprint density at radius 3 is 2.73 bits per heavy atom. The van der Waals surface area contributed by atoms with Gasteiger partial charge in [0.25, 0.3) is 10.0 Å². The van der Waals surface area contributed by atoms with E-state index in [1.54, 1.807) is 19.2 Å². The first-order valence-corrected chi connectivity index (χ1v) is 10.7. The number of sulfonamides is 1. The molecule has 0 aliphatic rings. The minimum absolute atomic E-state index is 0.0537. The van der Waals surface area contributed by atoms with Crippen LogP contribution in [-0.2, 0) is 10.0 Å². The third kappa shape index (κ3) is 3.74. The molecular formula is C19H13Cl2N5O3S. The molecule has 4 aromatic rings. The molecule has 0 saturated carbocycles. The number of benzene rings is 1. The summed E-state index contributed by atoms with van der Waals surface area (Å²) in [5.74, 6) is -0.593. The lowest BCUT2D eigenvalue weighted by molar-refractivity contribution is 0.103. The second kappa shape index (κ2) is 7.67. The van der Waals surface area contributed by atoms with Crippen molar-refractivity contribution < 1.29 is 14.6 Å². The number of pyridine rings is 1. The molecule has 1 aromatic carbocycles. The molecule has 0 spiro atoms. The maximum Gasteiger partial charge on any atom is 0.262 e. The first-order chi connectivity index (χ1) is 14.7. The zero-order valence-corrected chi connectivity index (χ0v) is 17.6. The predicted molar refractivity (Wildman–Crippen MR) is 114 cm³/mol. The first kappa shape index (κ1) is 19.0. The topological polar surface area (TPSA) is 118 Å². The maximum absolute atomic E-state index is 13.2. The summed E-state index contributed by atoms with van der Waals surface area (Å²) in [6.07, 6.45) is 4.28. The monoisotopic (exact) mass is 462 g/mol. The fraction of sp³-hybridized carbons (Fsp3) is 0.0526. The number of carbonyl (C=O) groups is 1.